The van der Waals surface area contributed by atoms with Crippen LogP contribution >= 0.6 is 0 Å². The molecule has 0 heterocycles. The minimum Gasteiger partial charge on any atom is -0.380 e. The fourth-order valence-electron chi connectivity index (χ4n) is 2.87. The molecular formula is C15H31NO. The molecule has 0 saturated heterocycles. The van der Waals surface area contributed by atoms with Crippen LogP contribution in [0, 0.1) is 5.92 Å². The quantitative estimate of drug-likeness (QED) is 0.516. The Hall–Kier alpha value is -0.0800. The molecule has 1 aliphatic rings. The van der Waals surface area contributed by atoms with Crippen LogP contribution in [0.15, 0.2) is 0 Å². The lowest BCUT2D eigenvalue weighted by atomic mass is 9.93. The number of ether oxygens (including phenoxy) is 1. The van der Waals surface area contributed by atoms with Crippen molar-refractivity contribution in [3.8, 4) is 0 Å². The van der Waals surface area contributed by atoms with Gasteiger partial charge in [0, 0.05) is 12.6 Å². The molecule has 0 aromatic rings. The van der Waals surface area contributed by atoms with Gasteiger partial charge in [0.15, 0.2) is 0 Å². The highest BCUT2D eigenvalue weighted by Gasteiger charge is 2.17. The van der Waals surface area contributed by atoms with Crippen LogP contribution in [-0.4, -0.2) is 25.8 Å². The molecule has 0 radical (unpaired) electrons. The molecule has 102 valence electrons. The predicted octanol–water partition coefficient (Wildman–Crippen LogP) is 3.75. The molecule has 17 heavy (non-hydrogen) atoms. The Balaban J connectivity index is 2.25. The molecular weight excluding hydrogens is 210 g/mol. The first kappa shape index (κ1) is 15.0. The molecule has 1 fully saturated rings. The van der Waals surface area contributed by atoms with Gasteiger partial charge in [0.05, 0.1) is 6.61 Å². The molecule has 0 aromatic carbocycles. The monoisotopic (exact) mass is 241 g/mol. The lowest BCUT2D eigenvalue weighted by Gasteiger charge is -2.23. The van der Waals surface area contributed by atoms with Crippen LogP contribution < -0.4 is 5.32 Å². The summed E-state index contributed by atoms with van der Waals surface area (Å²) in [5.74, 6) is 0.937. The van der Waals surface area contributed by atoms with Gasteiger partial charge in [-0.3, -0.25) is 0 Å². The molecule has 0 aliphatic heterocycles. The van der Waals surface area contributed by atoms with Crippen molar-refractivity contribution in [1.29, 1.82) is 0 Å². The molecule has 1 aliphatic carbocycles. The molecule has 0 aromatic heterocycles. The van der Waals surface area contributed by atoms with E-state index in [-0.39, 0.29) is 0 Å². The van der Waals surface area contributed by atoms with Gasteiger partial charge < -0.3 is 10.1 Å². The van der Waals surface area contributed by atoms with Gasteiger partial charge in [0.25, 0.3) is 0 Å². The third-order valence-electron chi connectivity index (χ3n) is 3.75. The Morgan fingerprint density at radius 2 is 1.82 bits per heavy atom. The Morgan fingerprint density at radius 1 is 1.12 bits per heavy atom. The number of hydrogen-bond donors (Lipinski definition) is 1. The summed E-state index contributed by atoms with van der Waals surface area (Å²) in [5, 5.41) is 3.58. The van der Waals surface area contributed by atoms with Crippen molar-refractivity contribution in [2.75, 3.05) is 19.8 Å². The molecule has 1 saturated carbocycles. The maximum absolute atomic E-state index is 5.71. The molecule has 2 heteroatoms. The summed E-state index contributed by atoms with van der Waals surface area (Å²) in [4.78, 5) is 0. The van der Waals surface area contributed by atoms with Gasteiger partial charge in [-0.05, 0) is 25.3 Å². The number of hydrogen-bond acceptors (Lipinski definition) is 2. The van der Waals surface area contributed by atoms with Crippen molar-refractivity contribution in [2.45, 2.75) is 71.3 Å². The van der Waals surface area contributed by atoms with Crippen molar-refractivity contribution < 1.29 is 4.74 Å². The van der Waals surface area contributed by atoms with E-state index in [4.69, 9.17) is 4.74 Å². The summed E-state index contributed by atoms with van der Waals surface area (Å²) >= 11 is 0. The first-order chi connectivity index (χ1) is 8.36. The molecule has 1 rings (SSSR count). The maximum Gasteiger partial charge on any atom is 0.0619 e. The first-order valence-corrected chi connectivity index (χ1v) is 7.68. The predicted molar refractivity (Wildman–Crippen MR) is 74.4 cm³/mol. The smallest absolute Gasteiger partial charge is 0.0619 e. The van der Waals surface area contributed by atoms with Gasteiger partial charge in [0.2, 0.25) is 0 Å². The van der Waals surface area contributed by atoms with Crippen LogP contribution in [0.2, 0.25) is 0 Å². The van der Waals surface area contributed by atoms with E-state index in [0.717, 1.165) is 32.1 Å². The summed E-state index contributed by atoms with van der Waals surface area (Å²) in [6.07, 6.45) is 11.1. The third-order valence-corrected chi connectivity index (χ3v) is 3.75. The standard InChI is InChI=1S/C15H31NO/c1-3-11-17-13-15(16-4-2)12-14-9-7-5-6-8-10-14/h14-16H,3-13H2,1-2H3. The maximum atomic E-state index is 5.71. The number of likely N-dealkylation sites (N-methyl/N-ethyl adjacent to an activating group) is 1. The van der Waals surface area contributed by atoms with E-state index >= 15 is 0 Å². The summed E-state index contributed by atoms with van der Waals surface area (Å²) in [7, 11) is 0. The van der Waals surface area contributed by atoms with E-state index in [1.807, 2.05) is 0 Å². The average molecular weight is 241 g/mol. The van der Waals surface area contributed by atoms with Crippen LogP contribution in [0.1, 0.15) is 65.2 Å². The Bertz CT molecular complexity index is 164. The largest absolute Gasteiger partial charge is 0.380 e. The Morgan fingerprint density at radius 3 is 2.41 bits per heavy atom. The van der Waals surface area contributed by atoms with E-state index < -0.39 is 0 Å². The summed E-state index contributed by atoms with van der Waals surface area (Å²) in [5.41, 5.74) is 0. The number of rotatable bonds is 8. The zero-order chi connectivity index (χ0) is 12.3. The second-order valence-electron chi connectivity index (χ2n) is 5.42. The van der Waals surface area contributed by atoms with Crippen molar-refractivity contribution in [1.82, 2.24) is 5.32 Å². The van der Waals surface area contributed by atoms with Crippen molar-refractivity contribution in [2.24, 2.45) is 5.92 Å². The Labute approximate surface area is 108 Å². The fraction of sp³-hybridized carbons (Fsp3) is 1.00. The van der Waals surface area contributed by atoms with E-state index in [9.17, 15) is 0 Å². The molecule has 1 unspecified atom stereocenters. The van der Waals surface area contributed by atoms with Crippen molar-refractivity contribution in [3.05, 3.63) is 0 Å². The lowest BCUT2D eigenvalue weighted by Crippen LogP contribution is -2.35. The van der Waals surface area contributed by atoms with Crippen LogP contribution in [0.25, 0.3) is 0 Å². The van der Waals surface area contributed by atoms with E-state index in [0.29, 0.717) is 6.04 Å². The topological polar surface area (TPSA) is 21.3 Å². The second-order valence-corrected chi connectivity index (χ2v) is 5.42. The zero-order valence-corrected chi connectivity index (χ0v) is 11.8. The summed E-state index contributed by atoms with van der Waals surface area (Å²) < 4.78 is 5.71. The van der Waals surface area contributed by atoms with Gasteiger partial charge in [-0.15, -0.1) is 0 Å². The van der Waals surface area contributed by atoms with Crippen LogP contribution in [-0.2, 0) is 4.74 Å². The van der Waals surface area contributed by atoms with Gasteiger partial charge in [-0.2, -0.15) is 0 Å². The molecule has 0 spiro atoms. The minimum atomic E-state index is 0.578. The highest BCUT2D eigenvalue weighted by atomic mass is 16.5. The van der Waals surface area contributed by atoms with Gasteiger partial charge in [0.1, 0.15) is 0 Å². The lowest BCUT2D eigenvalue weighted by molar-refractivity contribution is 0.103. The minimum absolute atomic E-state index is 0.578. The van der Waals surface area contributed by atoms with Gasteiger partial charge >= 0.3 is 0 Å². The van der Waals surface area contributed by atoms with Crippen LogP contribution in [0.5, 0.6) is 0 Å². The highest BCUT2D eigenvalue weighted by Crippen LogP contribution is 2.26. The first-order valence-electron chi connectivity index (χ1n) is 7.68. The molecule has 1 atom stereocenters. The van der Waals surface area contributed by atoms with Gasteiger partial charge in [-0.25, -0.2) is 0 Å². The van der Waals surface area contributed by atoms with E-state index in [1.54, 1.807) is 0 Å². The second kappa shape index (κ2) is 9.90. The molecule has 1 N–H and O–H groups in total. The highest BCUT2D eigenvalue weighted by molar-refractivity contribution is 4.73. The molecule has 0 amide bonds. The average Bonchev–Trinajstić information content (AvgIpc) is 2.58. The fourth-order valence-corrected chi connectivity index (χ4v) is 2.87. The number of nitrogens with one attached hydrogen (secondary N) is 1. The Kier molecular flexibility index (Phi) is 8.72. The zero-order valence-electron chi connectivity index (χ0n) is 11.8. The van der Waals surface area contributed by atoms with Gasteiger partial charge in [-0.1, -0.05) is 52.4 Å². The van der Waals surface area contributed by atoms with E-state index in [2.05, 4.69) is 19.2 Å². The summed E-state index contributed by atoms with van der Waals surface area (Å²) in [6.45, 7) is 7.24. The van der Waals surface area contributed by atoms with E-state index in [1.165, 1.54) is 44.9 Å². The van der Waals surface area contributed by atoms with Crippen LogP contribution in [0.3, 0.4) is 0 Å². The SMILES string of the molecule is CCCOCC(CC1CCCCCC1)NCC. The van der Waals surface area contributed by atoms with Crippen molar-refractivity contribution in [3.63, 3.8) is 0 Å². The summed E-state index contributed by atoms with van der Waals surface area (Å²) in [6, 6.07) is 0.578. The van der Waals surface area contributed by atoms with Crippen LogP contribution in [0.4, 0.5) is 0 Å². The molecule has 0 bridgehead atoms. The normalized spacial score (nSPS) is 20.1. The molecule has 2 nitrogen and oxygen atoms in total. The van der Waals surface area contributed by atoms with Crippen molar-refractivity contribution >= 4 is 0 Å². The third kappa shape index (κ3) is 7.05.